The Labute approximate surface area is 151 Å². The number of thiophene rings is 1. The second kappa shape index (κ2) is 7.16. The van der Waals surface area contributed by atoms with Crippen LogP contribution in [0.25, 0.3) is 10.6 Å². The number of benzene rings is 1. The molecular weight excluding hydrogens is 365 g/mol. The number of nitrogens with one attached hydrogen (secondary N) is 1. The zero-order chi connectivity index (χ0) is 18.0. The molecule has 25 heavy (non-hydrogen) atoms. The molecule has 5 nitrogen and oxygen atoms in total. The number of aromatic nitrogens is 2. The monoisotopic (exact) mass is 377 g/mol. The summed E-state index contributed by atoms with van der Waals surface area (Å²) in [5.74, 6) is -1.03. The van der Waals surface area contributed by atoms with Crippen LogP contribution < -0.4 is 10.9 Å². The minimum Gasteiger partial charge on any atom is -0.324 e. The lowest BCUT2D eigenvalue weighted by molar-refractivity contribution is -0.119. The van der Waals surface area contributed by atoms with Crippen LogP contribution in [0.1, 0.15) is 13.0 Å². The van der Waals surface area contributed by atoms with Gasteiger partial charge in [-0.3, -0.25) is 9.59 Å². The molecule has 0 aliphatic rings. The van der Waals surface area contributed by atoms with Crippen molar-refractivity contribution in [2.45, 2.75) is 13.0 Å². The molecule has 2 heterocycles. The number of carbonyl (C=O) groups is 1. The molecule has 0 spiro atoms. The molecule has 1 unspecified atom stereocenters. The van der Waals surface area contributed by atoms with Gasteiger partial charge >= 0.3 is 0 Å². The highest BCUT2D eigenvalue weighted by Crippen LogP contribution is 2.22. The van der Waals surface area contributed by atoms with Crippen LogP contribution in [0.3, 0.4) is 0 Å². The van der Waals surface area contributed by atoms with Crippen LogP contribution in [-0.4, -0.2) is 15.7 Å². The number of carbonyl (C=O) groups excluding carboxylic acids is 1. The van der Waals surface area contributed by atoms with Gasteiger partial charge in [0.15, 0.2) is 0 Å². The van der Waals surface area contributed by atoms with Gasteiger partial charge in [0.2, 0.25) is 5.91 Å². The second-order valence-electron chi connectivity index (χ2n) is 5.27. The van der Waals surface area contributed by atoms with Crippen molar-refractivity contribution in [2.75, 3.05) is 5.32 Å². The van der Waals surface area contributed by atoms with E-state index >= 15 is 0 Å². The molecule has 0 saturated carbocycles. The van der Waals surface area contributed by atoms with E-state index in [1.165, 1.54) is 29.5 Å². The van der Waals surface area contributed by atoms with Crippen LogP contribution in [0.15, 0.2) is 52.6 Å². The Bertz CT molecular complexity index is 972. The maximum absolute atomic E-state index is 13.2. The molecular formula is C17H13ClFN3O2S. The minimum absolute atomic E-state index is 0.0968. The second-order valence-corrected chi connectivity index (χ2v) is 6.63. The van der Waals surface area contributed by atoms with Crippen molar-refractivity contribution < 1.29 is 9.18 Å². The molecule has 0 bridgehead atoms. The van der Waals surface area contributed by atoms with Crippen molar-refractivity contribution in [3.05, 3.63) is 69.0 Å². The van der Waals surface area contributed by atoms with E-state index in [4.69, 9.17) is 11.6 Å². The van der Waals surface area contributed by atoms with Crippen molar-refractivity contribution in [3.8, 4) is 10.6 Å². The van der Waals surface area contributed by atoms with E-state index < -0.39 is 17.8 Å². The SMILES string of the molecule is CC(C(=O)Nc1ccc(F)c(Cl)c1)n1nc(-c2cccs2)ccc1=O. The van der Waals surface area contributed by atoms with Gasteiger partial charge in [0.25, 0.3) is 5.56 Å². The normalized spacial score (nSPS) is 12.0. The summed E-state index contributed by atoms with van der Waals surface area (Å²) in [5, 5.41) is 8.69. The first-order valence-electron chi connectivity index (χ1n) is 7.35. The lowest BCUT2D eigenvalue weighted by Gasteiger charge is -2.15. The standard InChI is InChI=1S/C17H13ClFN3O2S/c1-10(17(24)20-11-4-5-13(19)12(18)9-11)22-16(23)7-6-14(21-22)15-3-2-8-25-15/h2-10H,1H3,(H,20,24). The van der Waals surface area contributed by atoms with Gasteiger partial charge in [-0.05, 0) is 42.6 Å². The lowest BCUT2D eigenvalue weighted by atomic mass is 10.2. The molecule has 3 aromatic rings. The van der Waals surface area contributed by atoms with Crippen molar-refractivity contribution in [1.29, 1.82) is 0 Å². The van der Waals surface area contributed by atoms with Crippen molar-refractivity contribution >= 4 is 34.5 Å². The summed E-state index contributed by atoms with van der Waals surface area (Å²) in [5.41, 5.74) is 0.560. The number of amides is 1. The van der Waals surface area contributed by atoms with Crippen LogP contribution in [-0.2, 0) is 4.79 Å². The first-order chi connectivity index (χ1) is 12.0. The van der Waals surface area contributed by atoms with Gasteiger partial charge in [0.1, 0.15) is 17.6 Å². The van der Waals surface area contributed by atoms with E-state index in [-0.39, 0.29) is 10.6 Å². The fourth-order valence-corrected chi connectivity index (χ4v) is 3.06. The molecule has 128 valence electrons. The fourth-order valence-electron chi connectivity index (χ4n) is 2.19. The smallest absolute Gasteiger partial charge is 0.267 e. The molecule has 0 aliphatic heterocycles. The zero-order valence-corrected chi connectivity index (χ0v) is 14.6. The quantitative estimate of drug-likeness (QED) is 0.748. The molecule has 0 fully saturated rings. The number of anilines is 1. The summed E-state index contributed by atoms with van der Waals surface area (Å²) in [6, 6.07) is 9.76. The molecule has 3 rings (SSSR count). The van der Waals surface area contributed by atoms with E-state index in [0.717, 1.165) is 15.6 Å². The molecule has 1 atom stereocenters. The zero-order valence-electron chi connectivity index (χ0n) is 13.1. The summed E-state index contributed by atoms with van der Waals surface area (Å²) in [6.07, 6.45) is 0. The Morgan fingerprint density at radius 2 is 2.12 bits per heavy atom. The Morgan fingerprint density at radius 1 is 1.32 bits per heavy atom. The van der Waals surface area contributed by atoms with Crippen LogP contribution >= 0.6 is 22.9 Å². The molecule has 8 heteroatoms. The molecule has 2 aromatic heterocycles. The first kappa shape index (κ1) is 17.3. The largest absolute Gasteiger partial charge is 0.324 e. The predicted molar refractivity (Wildman–Crippen MR) is 96.6 cm³/mol. The summed E-state index contributed by atoms with van der Waals surface area (Å²) in [7, 11) is 0. The van der Waals surface area contributed by atoms with Crippen molar-refractivity contribution in [3.63, 3.8) is 0 Å². The number of nitrogens with zero attached hydrogens (tertiary/aromatic N) is 2. The molecule has 1 amide bonds. The van der Waals surface area contributed by atoms with E-state index in [2.05, 4.69) is 10.4 Å². The molecule has 0 radical (unpaired) electrons. The van der Waals surface area contributed by atoms with Crippen molar-refractivity contribution in [2.24, 2.45) is 0 Å². The third-order valence-corrected chi connectivity index (χ3v) is 4.71. The van der Waals surface area contributed by atoms with E-state index in [9.17, 15) is 14.0 Å². The van der Waals surface area contributed by atoms with Gasteiger partial charge in [-0.2, -0.15) is 5.10 Å². The average molecular weight is 378 g/mol. The van der Waals surface area contributed by atoms with E-state index in [0.29, 0.717) is 11.4 Å². The van der Waals surface area contributed by atoms with E-state index in [1.54, 1.807) is 13.0 Å². The Hall–Kier alpha value is -2.51. The van der Waals surface area contributed by atoms with Crippen LogP contribution in [0, 0.1) is 5.82 Å². The number of halogens is 2. The summed E-state index contributed by atoms with van der Waals surface area (Å²) < 4.78 is 14.3. The highest BCUT2D eigenvalue weighted by atomic mass is 35.5. The topological polar surface area (TPSA) is 64.0 Å². The van der Waals surface area contributed by atoms with Crippen molar-refractivity contribution in [1.82, 2.24) is 9.78 Å². The summed E-state index contributed by atoms with van der Waals surface area (Å²) in [6.45, 7) is 1.56. The number of rotatable bonds is 4. The third kappa shape index (κ3) is 3.78. The van der Waals surface area contributed by atoms with E-state index in [1.807, 2.05) is 17.5 Å². The fraction of sp³-hybridized carbons (Fsp3) is 0.118. The highest BCUT2D eigenvalue weighted by Gasteiger charge is 2.19. The Kier molecular flexibility index (Phi) is 4.96. The van der Waals surface area contributed by atoms with Crippen LogP contribution in [0.2, 0.25) is 5.02 Å². The minimum atomic E-state index is -0.851. The average Bonchev–Trinajstić information content (AvgIpc) is 3.12. The third-order valence-electron chi connectivity index (χ3n) is 3.53. The lowest BCUT2D eigenvalue weighted by Crippen LogP contribution is -2.33. The molecule has 1 aromatic carbocycles. The maximum Gasteiger partial charge on any atom is 0.267 e. The van der Waals surface area contributed by atoms with Gasteiger partial charge in [0.05, 0.1) is 9.90 Å². The highest BCUT2D eigenvalue weighted by molar-refractivity contribution is 7.13. The van der Waals surface area contributed by atoms with Gasteiger partial charge < -0.3 is 5.32 Å². The maximum atomic E-state index is 13.2. The van der Waals surface area contributed by atoms with Gasteiger partial charge in [-0.25, -0.2) is 9.07 Å². The Morgan fingerprint density at radius 3 is 2.80 bits per heavy atom. The number of hydrogen-bond acceptors (Lipinski definition) is 4. The first-order valence-corrected chi connectivity index (χ1v) is 8.61. The molecule has 0 saturated heterocycles. The van der Waals surface area contributed by atoms with Gasteiger partial charge in [-0.1, -0.05) is 17.7 Å². The van der Waals surface area contributed by atoms with Gasteiger partial charge in [-0.15, -0.1) is 11.3 Å². The van der Waals surface area contributed by atoms with Gasteiger partial charge in [0, 0.05) is 11.8 Å². The molecule has 1 N–H and O–H groups in total. The number of hydrogen-bond donors (Lipinski definition) is 1. The van der Waals surface area contributed by atoms with Crippen LogP contribution in [0.5, 0.6) is 0 Å². The summed E-state index contributed by atoms with van der Waals surface area (Å²) in [4.78, 5) is 25.4. The summed E-state index contributed by atoms with van der Waals surface area (Å²) >= 11 is 7.19. The molecule has 0 aliphatic carbocycles. The predicted octanol–water partition coefficient (Wildman–Crippen LogP) is 3.96. The van der Waals surface area contributed by atoms with Crippen LogP contribution in [0.4, 0.5) is 10.1 Å². The Balaban J connectivity index is 1.85.